The summed E-state index contributed by atoms with van der Waals surface area (Å²) in [6.07, 6.45) is 1.93. The Labute approximate surface area is 199 Å². The van der Waals surface area contributed by atoms with E-state index < -0.39 is 0 Å². The van der Waals surface area contributed by atoms with Gasteiger partial charge in [-0.05, 0) is 59.7 Å². The van der Waals surface area contributed by atoms with E-state index in [0.717, 1.165) is 59.4 Å². The zero-order valence-electron chi connectivity index (χ0n) is 19.5. The number of rotatable bonds is 4. The van der Waals surface area contributed by atoms with Gasteiger partial charge in [-0.3, -0.25) is 4.79 Å². The third kappa shape index (κ3) is 3.82. The maximum absolute atomic E-state index is 13.1. The summed E-state index contributed by atoms with van der Waals surface area (Å²) in [4.78, 5) is 15.3. The second-order valence-electron chi connectivity index (χ2n) is 8.83. The third-order valence-corrected chi connectivity index (χ3v) is 6.99. The van der Waals surface area contributed by atoms with Crippen LogP contribution in [-0.4, -0.2) is 24.8 Å². The van der Waals surface area contributed by atoms with Crippen molar-refractivity contribution in [2.24, 2.45) is 7.05 Å². The summed E-state index contributed by atoms with van der Waals surface area (Å²) in [5, 5.41) is 10.9. The van der Waals surface area contributed by atoms with Gasteiger partial charge >= 0.3 is 0 Å². The molecule has 0 saturated carbocycles. The molecule has 1 aliphatic rings. The number of hydrogen-bond donors (Lipinski definition) is 0. The smallest absolute Gasteiger partial charge is 0.270 e. The molecule has 5 nitrogen and oxygen atoms in total. The minimum Gasteiger partial charge on any atom is -0.497 e. The summed E-state index contributed by atoms with van der Waals surface area (Å²) < 4.78 is 6.88. The first kappa shape index (κ1) is 21.8. The van der Waals surface area contributed by atoms with Crippen LogP contribution in [0.1, 0.15) is 29.9 Å². The van der Waals surface area contributed by atoms with E-state index in [4.69, 9.17) is 4.74 Å². The van der Waals surface area contributed by atoms with Crippen LogP contribution in [0.3, 0.4) is 0 Å². The number of benzene rings is 3. The normalized spacial score (nSPS) is 14.2. The van der Waals surface area contributed by atoms with Gasteiger partial charge in [0.2, 0.25) is 0 Å². The summed E-state index contributed by atoms with van der Waals surface area (Å²) in [5.74, 6) is 1.31. The number of hydrogen-bond acceptors (Lipinski definition) is 4. The van der Waals surface area contributed by atoms with Crippen LogP contribution >= 0.6 is 0 Å². The zero-order chi connectivity index (χ0) is 23.7. The van der Waals surface area contributed by atoms with E-state index in [9.17, 15) is 10.1 Å². The number of fused-ring (bicyclic) bond motifs is 1. The van der Waals surface area contributed by atoms with E-state index in [1.807, 2.05) is 42.5 Å². The Hall–Kier alpha value is -4.04. The molecule has 0 unspecified atom stereocenters. The third-order valence-electron chi connectivity index (χ3n) is 6.99. The Balaban J connectivity index is 1.55. The van der Waals surface area contributed by atoms with Crippen LogP contribution in [0.5, 0.6) is 5.75 Å². The standard InChI is InChI=1S/C29H27N3O2/c1-31-27-13-10-23(20-6-4-3-5-7-20)18-25(27)28(26(19-30)29(31)33)32-16-14-22(15-17-32)21-8-11-24(34-2)12-9-21/h3-13,18,22H,14-17H2,1-2H3. The molecule has 0 bridgehead atoms. The quantitative estimate of drug-likeness (QED) is 0.415. The fourth-order valence-corrected chi connectivity index (χ4v) is 5.08. The Morgan fingerprint density at radius 2 is 1.65 bits per heavy atom. The van der Waals surface area contributed by atoms with Crippen molar-refractivity contribution in [2.45, 2.75) is 18.8 Å². The van der Waals surface area contributed by atoms with Gasteiger partial charge in [-0.25, -0.2) is 0 Å². The minimum atomic E-state index is -0.241. The van der Waals surface area contributed by atoms with Crippen molar-refractivity contribution in [1.82, 2.24) is 4.57 Å². The summed E-state index contributed by atoms with van der Waals surface area (Å²) in [6, 6.07) is 26.9. The van der Waals surface area contributed by atoms with E-state index in [1.54, 1.807) is 18.7 Å². The van der Waals surface area contributed by atoms with Crippen molar-refractivity contribution >= 4 is 16.6 Å². The molecule has 4 aromatic rings. The van der Waals surface area contributed by atoms with Crippen LogP contribution in [0.2, 0.25) is 0 Å². The molecule has 170 valence electrons. The first-order valence-electron chi connectivity index (χ1n) is 11.6. The summed E-state index contributed by atoms with van der Waals surface area (Å²) in [5.41, 5.74) is 5.09. The molecule has 0 radical (unpaired) electrons. The summed E-state index contributed by atoms with van der Waals surface area (Å²) in [6.45, 7) is 1.59. The van der Waals surface area contributed by atoms with Crippen molar-refractivity contribution in [3.05, 3.63) is 94.3 Å². The molecule has 0 atom stereocenters. The van der Waals surface area contributed by atoms with Gasteiger partial charge in [-0.2, -0.15) is 5.26 Å². The number of ether oxygens (including phenoxy) is 1. The molecule has 0 spiro atoms. The molecule has 3 aromatic carbocycles. The van der Waals surface area contributed by atoms with E-state index in [1.165, 1.54) is 5.56 Å². The maximum Gasteiger partial charge on any atom is 0.270 e. The topological polar surface area (TPSA) is 58.3 Å². The number of methoxy groups -OCH3 is 1. The Bertz CT molecular complexity index is 1430. The Kier molecular flexibility index (Phi) is 5.81. The second kappa shape index (κ2) is 9.07. The van der Waals surface area contributed by atoms with E-state index >= 15 is 0 Å². The van der Waals surface area contributed by atoms with Crippen molar-refractivity contribution < 1.29 is 4.74 Å². The molecule has 1 aromatic heterocycles. The molecular weight excluding hydrogens is 422 g/mol. The highest BCUT2D eigenvalue weighted by atomic mass is 16.5. The van der Waals surface area contributed by atoms with Crippen LogP contribution in [0.15, 0.2) is 77.6 Å². The maximum atomic E-state index is 13.1. The van der Waals surface area contributed by atoms with Gasteiger partial charge < -0.3 is 14.2 Å². The Morgan fingerprint density at radius 3 is 2.29 bits per heavy atom. The fraction of sp³-hybridized carbons (Fsp3) is 0.241. The molecule has 1 saturated heterocycles. The van der Waals surface area contributed by atoms with Gasteiger partial charge in [0.25, 0.3) is 5.56 Å². The highest BCUT2D eigenvalue weighted by Crippen LogP contribution is 2.36. The summed E-state index contributed by atoms with van der Waals surface area (Å²) >= 11 is 0. The number of nitriles is 1. The monoisotopic (exact) mass is 449 g/mol. The van der Waals surface area contributed by atoms with Gasteiger partial charge in [0.15, 0.2) is 0 Å². The molecule has 2 heterocycles. The lowest BCUT2D eigenvalue weighted by molar-refractivity contribution is 0.414. The molecule has 1 fully saturated rings. The molecule has 5 heteroatoms. The Morgan fingerprint density at radius 1 is 0.941 bits per heavy atom. The van der Waals surface area contributed by atoms with Gasteiger partial charge in [0.1, 0.15) is 17.4 Å². The van der Waals surface area contributed by atoms with Crippen molar-refractivity contribution in [3.63, 3.8) is 0 Å². The van der Waals surface area contributed by atoms with E-state index in [2.05, 4.69) is 41.3 Å². The fourth-order valence-electron chi connectivity index (χ4n) is 5.08. The van der Waals surface area contributed by atoms with Crippen molar-refractivity contribution in [3.8, 4) is 22.9 Å². The second-order valence-corrected chi connectivity index (χ2v) is 8.83. The number of piperidine rings is 1. The first-order chi connectivity index (χ1) is 16.6. The largest absolute Gasteiger partial charge is 0.497 e. The molecule has 0 aliphatic carbocycles. The van der Waals surface area contributed by atoms with Crippen molar-refractivity contribution in [2.75, 3.05) is 25.1 Å². The predicted octanol–water partition coefficient (Wildman–Crippen LogP) is 5.47. The molecule has 5 rings (SSSR count). The number of aromatic nitrogens is 1. The lowest BCUT2D eigenvalue weighted by Gasteiger charge is -2.35. The van der Waals surface area contributed by atoms with Crippen LogP contribution in [0.4, 0.5) is 5.69 Å². The van der Waals surface area contributed by atoms with Gasteiger partial charge in [0, 0.05) is 25.5 Å². The van der Waals surface area contributed by atoms with Crippen LogP contribution in [-0.2, 0) is 7.05 Å². The highest BCUT2D eigenvalue weighted by molar-refractivity contribution is 5.97. The number of anilines is 1. The molecule has 0 amide bonds. The molecule has 1 aliphatic heterocycles. The number of nitrogens with zero attached hydrogens (tertiary/aromatic N) is 3. The molecule has 0 N–H and O–H groups in total. The van der Waals surface area contributed by atoms with Crippen molar-refractivity contribution in [1.29, 1.82) is 5.26 Å². The van der Waals surface area contributed by atoms with E-state index in [0.29, 0.717) is 5.92 Å². The zero-order valence-corrected chi connectivity index (χ0v) is 19.5. The average molecular weight is 450 g/mol. The lowest BCUT2D eigenvalue weighted by Crippen LogP contribution is -2.35. The number of pyridine rings is 1. The van der Waals surface area contributed by atoms with Gasteiger partial charge in [0.05, 0.1) is 18.3 Å². The lowest BCUT2D eigenvalue weighted by atomic mass is 9.88. The van der Waals surface area contributed by atoms with Crippen LogP contribution in [0, 0.1) is 11.3 Å². The summed E-state index contributed by atoms with van der Waals surface area (Å²) in [7, 11) is 3.42. The minimum absolute atomic E-state index is 0.225. The predicted molar refractivity (Wildman–Crippen MR) is 137 cm³/mol. The molecular formula is C29H27N3O2. The van der Waals surface area contributed by atoms with Gasteiger partial charge in [-0.1, -0.05) is 48.5 Å². The van der Waals surface area contributed by atoms with E-state index in [-0.39, 0.29) is 11.1 Å². The highest BCUT2D eigenvalue weighted by Gasteiger charge is 2.26. The molecule has 34 heavy (non-hydrogen) atoms. The first-order valence-corrected chi connectivity index (χ1v) is 11.6. The van der Waals surface area contributed by atoms with Crippen LogP contribution in [0.25, 0.3) is 22.0 Å². The average Bonchev–Trinajstić information content (AvgIpc) is 2.91. The van der Waals surface area contributed by atoms with Crippen LogP contribution < -0.4 is 15.2 Å². The van der Waals surface area contributed by atoms with Gasteiger partial charge in [-0.15, -0.1) is 0 Å². The SMILES string of the molecule is COc1ccc(C2CCN(c3c(C#N)c(=O)n(C)c4ccc(-c5ccccc5)cc34)CC2)cc1. The number of aryl methyl sites for hydroxylation is 1.